The standard InChI is InChI=1S/C22H23N3O5/c1-29-16-9-7-14(8-10-16)21(27)24-13-20(26)25-19(22(28)30-2)11-15-12-23-18-6-4-3-5-17(15)18/h3-10,12,19,23H,11,13H2,1-2H3,(H,24,27)(H,25,26)/t19-/m1/s1. The van der Waals surface area contributed by atoms with Crippen LogP contribution >= 0.6 is 0 Å². The van der Waals surface area contributed by atoms with Crippen LogP contribution in [-0.2, 0) is 20.7 Å². The molecule has 3 N–H and O–H groups in total. The molecule has 0 bridgehead atoms. The van der Waals surface area contributed by atoms with E-state index in [0.717, 1.165) is 16.5 Å². The molecular weight excluding hydrogens is 386 g/mol. The topological polar surface area (TPSA) is 110 Å². The van der Waals surface area contributed by atoms with Gasteiger partial charge in [-0.2, -0.15) is 0 Å². The number of esters is 1. The second-order valence-electron chi connectivity index (χ2n) is 6.62. The van der Waals surface area contributed by atoms with Crippen molar-refractivity contribution in [1.29, 1.82) is 0 Å². The molecule has 3 aromatic rings. The number of H-pyrrole nitrogens is 1. The zero-order chi connectivity index (χ0) is 21.5. The maximum absolute atomic E-state index is 12.3. The van der Waals surface area contributed by atoms with Crippen LogP contribution in [0.25, 0.3) is 10.9 Å². The van der Waals surface area contributed by atoms with Crippen molar-refractivity contribution in [2.75, 3.05) is 20.8 Å². The van der Waals surface area contributed by atoms with Gasteiger partial charge in [0.25, 0.3) is 5.91 Å². The molecule has 0 radical (unpaired) electrons. The van der Waals surface area contributed by atoms with Gasteiger partial charge in [-0.1, -0.05) is 18.2 Å². The fourth-order valence-electron chi connectivity index (χ4n) is 3.11. The first-order valence-electron chi connectivity index (χ1n) is 9.36. The quantitative estimate of drug-likeness (QED) is 0.492. The van der Waals surface area contributed by atoms with Gasteiger partial charge in [0.1, 0.15) is 11.8 Å². The SMILES string of the molecule is COC(=O)[C@@H](Cc1c[nH]c2ccccc12)NC(=O)CNC(=O)c1ccc(OC)cc1. The van der Waals surface area contributed by atoms with Crippen LogP contribution in [-0.4, -0.2) is 49.6 Å². The number of nitrogens with one attached hydrogen (secondary N) is 3. The van der Waals surface area contributed by atoms with Crippen LogP contribution in [0.4, 0.5) is 0 Å². The fourth-order valence-corrected chi connectivity index (χ4v) is 3.11. The van der Waals surface area contributed by atoms with Gasteiger partial charge < -0.3 is 25.1 Å². The number of aromatic nitrogens is 1. The Hall–Kier alpha value is -3.81. The number of amides is 2. The molecule has 0 aliphatic heterocycles. The van der Waals surface area contributed by atoms with Crippen molar-refractivity contribution >= 4 is 28.7 Å². The molecule has 0 saturated heterocycles. The Bertz CT molecular complexity index is 1040. The van der Waals surface area contributed by atoms with Gasteiger partial charge in [0.15, 0.2) is 0 Å². The van der Waals surface area contributed by atoms with Gasteiger partial charge in [0.2, 0.25) is 5.91 Å². The minimum atomic E-state index is -0.875. The van der Waals surface area contributed by atoms with Gasteiger partial charge in [0, 0.05) is 29.1 Å². The van der Waals surface area contributed by atoms with Crippen molar-refractivity contribution in [2.45, 2.75) is 12.5 Å². The van der Waals surface area contributed by atoms with Gasteiger partial charge in [-0.25, -0.2) is 4.79 Å². The third-order valence-corrected chi connectivity index (χ3v) is 4.68. The molecule has 3 rings (SSSR count). The summed E-state index contributed by atoms with van der Waals surface area (Å²) in [5.74, 6) is -0.830. The van der Waals surface area contributed by atoms with Crippen LogP contribution < -0.4 is 15.4 Å². The normalized spacial score (nSPS) is 11.5. The van der Waals surface area contributed by atoms with Crippen molar-refractivity contribution in [3.05, 3.63) is 65.9 Å². The second kappa shape index (κ2) is 9.60. The van der Waals surface area contributed by atoms with Crippen molar-refractivity contribution in [1.82, 2.24) is 15.6 Å². The molecule has 8 heteroatoms. The third-order valence-electron chi connectivity index (χ3n) is 4.68. The highest BCUT2D eigenvalue weighted by atomic mass is 16.5. The number of hydrogen-bond donors (Lipinski definition) is 3. The van der Waals surface area contributed by atoms with Crippen LogP contribution in [0.15, 0.2) is 54.7 Å². The molecule has 30 heavy (non-hydrogen) atoms. The first-order chi connectivity index (χ1) is 14.5. The zero-order valence-electron chi connectivity index (χ0n) is 16.7. The number of fused-ring (bicyclic) bond motifs is 1. The van der Waals surface area contributed by atoms with Crippen LogP contribution in [0.5, 0.6) is 5.75 Å². The Balaban J connectivity index is 1.61. The van der Waals surface area contributed by atoms with E-state index in [1.807, 2.05) is 24.3 Å². The number of ether oxygens (including phenoxy) is 2. The lowest BCUT2D eigenvalue weighted by Gasteiger charge is -2.16. The lowest BCUT2D eigenvalue weighted by atomic mass is 10.0. The Morgan fingerprint density at radius 1 is 1.03 bits per heavy atom. The van der Waals surface area contributed by atoms with Crippen LogP contribution in [0.1, 0.15) is 15.9 Å². The lowest BCUT2D eigenvalue weighted by molar-refractivity contribution is -0.144. The van der Waals surface area contributed by atoms with E-state index in [4.69, 9.17) is 9.47 Å². The first-order valence-corrected chi connectivity index (χ1v) is 9.36. The number of benzene rings is 2. The molecule has 2 aromatic carbocycles. The molecular formula is C22H23N3O5. The van der Waals surface area contributed by atoms with Crippen molar-refractivity contribution in [3.63, 3.8) is 0 Å². The highest BCUT2D eigenvalue weighted by Gasteiger charge is 2.23. The van der Waals surface area contributed by atoms with Crippen molar-refractivity contribution < 1.29 is 23.9 Å². The first kappa shape index (κ1) is 20.9. The molecule has 0 unspecified atom stereocenters. The maximum Gasteiger partial charge on any atom is 0.328 e. The molecule has 0 fully saturated rings. The number of aromatic amines is 1. The highest BCUT2D eigenvalue weighted by Crippen LogP contribution is 2.19. The van der Waals surface area contributed by atoms with Crippen molar-refractivity contribution in [2.24, 2.45) is 0 Å². The van der Waals surface area contributed by atoms with Gasteiger partial charge in [-0.05, 0) is 35.9 Å². The van der Waals surface area contributed by atoms with Crippen molar-refractivity contribution in [3.8, 4) is 5.75 Å². The molecule has 1 heterocycles. The summed E-state index contributed by atoms with van der Waals surface area (Å²) in [5, 5.41) is 6.14. The molecule has 1 atom stereocenters. The summed E-state index contributed by atoms with van der Waals surface area (Å²) < 4.78 is 9.88. The average molecular weight is 409 g/mol. The number of methoxy groups -OCH3 is 2. The minimum absolute atomic E-state index is 0.259. The number of carbonyl (C=O) groups excluding carboxylic acids is 3. The molecule has 0 aliphatic carbocycles. The van der Waals surface area contributed by atoms with Crippen LogP contribution in [0.2, 0.25) is 0 Å². The van der Waals surface area contributed by atoms with Crippen LogP contribution in [0, 0.1) is 0 Å². The summed E-state index contributed by atoms with van der Waals surface area (Å²) in [6, 6.07) is 13.3. The predicted octanol–water partition coefficient (Wildman–Crippen LogP) is 1.81. The molecule has 0 aliphatic rings. The molecule has 156 valence electrons. The Morgan fingerprint density at radius 2 is 1.77 bits per heavy atom. The van der Waals surface area contributed by atoms with E-state index in [1.54, 1.807) is 30.5 Å². The lowest BCUT2D eigenvalue weighted by Crippen LogP contribution is -2.47. The number of carbonyl (C=O) groups is 3. The highest BCUT2D eigenvalue weighted by molar-refractivity contribution is 5.97. The summed E-state index contributed by atoms with van der Waals surface area (Å²) in [5.41, 5.74) is 2.21. The number of hydrogen-bond acceptors (Lipinski definition) is 5. The Morgan fingerprint density at radius 3 is 2.47 bits per heavy atom. The van der Waals surface area contributed by atoms with E-state index in [1.165, 1.54) is 14.2 Å². The molecule has 8 nitrogen and oxygen atoms in total. The van der Waals surface area contributed by atoms with Gasteiger partial charge in [0.05, 0.1) is 20.8 Å². The van der Waals surface area contributed by atoms with Crippen LogP contribution in [0.3, 0.4) is 0 Å². The average Bonchev–Trinajstić information content (AvgIpc) is 3.19. The summed E-state index contributed by atoms with van der Waals surface area (Å²) in [6.07, 6.45) is 2.06. The third kappa shape index (κ3) is 4.96. The number of rotatable bonds is 8. The summed E-state index contributed by atoms with van der Waals surface area (Å²) in [7, 11) is 2.80. The van der Waals surface area contributed by atoms with Gasteiger partial charge in [-0.3, -0.25) is 9.59 Å². The zero-order valence-corrected chi connectivity index (χ0v) is 16.7. The summed E-state index contributed by atoms with van der Waals surface area (Å²) in [6.45, 7) is -0.272. The largest absolute Gasteiger partial charge is 0.497 e. The molecule has 0 saturated carbocycles. The Kier molecular flexibility index (Phi) is 6.69. The van der Waals surface area contributed by atoms with Gasteiger partial charge in [-0.15, -0.1) is 0 Å². The number of para-hydroxylation sites is 1. The summed E-state index contributed by atoms with van der Waals surface area (Å²) in [4.78, 5) is 39.9. The van der Waals surface area contributed by atoms with E-state index >= 15 is 0 Å². The maximum atomic E-state index is 12.3. The fraction of sp³-hybridized carbons (Fsp3) is 0.227. The molecule has 0 spiro atoms. The molecule has 2 amide bonds. The minimum Gasteiger partial charge on any atom is -0.497 e. The molecule has 1 aromatic heterocycles. The summed E-state index contributed by atoms with van der Waals surface area (Å²) >= 11 is 0. The van der Waals surface area contributed by atoms with E-state index in [2.05, 4.69) is 15.6 Å². The monoisotopic (exact) mass is 409 g/mol. The van der Waals surface area contributed by atoms with E-state index < -0.39 is 23.8 Å². The smallest absolute Gasteiger partial charge is 0.328 e. The van der Waals surface area contributed by atoms with Gasteiger partial charge >= 0.3 is 5.97 Å². The van der Waals surface area contributed by atoms with E-state index in [9.17, 15) is 14.4 Å². The van der Waals surface area contributed by atoms with E-state index in [-0.39, 0.29) is 13.0 Å². The second-order valence-corrected chi connectivity index (χ2v) is 6.62. The van der Waals surface area contributed by atoms with E-state index in [0.29, 0.717) is 11.3 Å². The Labute approximate surface area is 173 Å². The predicted molar refractivity (Wildman–Crippen MR) is 111 cm³/mol.